The minimum atomic E-state index is -1.10. The molecule has 0 atom stereocenters. The molecule has 0 aliphatic rings. The smallest absolute Gasteiger partial charge is 0.194 e. The van der Waals surface area contributed by atoms with Gasteiger partial charge < -0.3 is 4.74 Å². The summed E-state index contributed by atoms with van der Waals surface area (Å²) in [5.74, 6) is -0.212. The van der Waals surface area contributed by atoms with Gasteiger partial charge in [-0.15, -0.1) is 0 Å². The van der Waals surface area contributed by atoms with Crippen LogP contribution in [0.1, 0.15) is 24.2 Å². The number of alkyl halides is 1. The Kier molecular flexibility index (Phi) is 3.36. The Morgan fingerprint density at radius 1 is 1.36 bits per heavy atom. The van der Waals surface area contributed by atoms with Crippen LogP contribution in [0, 0.1) is 0 Å². The second kappa shape index (κ2) is 4.33. The Morgan fingerprint density at radius 2 is 1.93 bits per heavy atom. The third kappa shape index (κ3) is 2.39. The Balaban J connectivity index is 2.85. The first-order valence-electron chi connectivity index (χ1n) is 4.37. The summed E-state index contributed by atoms with van der Waals surface area (Å²) in [7, 11) is 0. The highest BCUT2D eigenvalue weighted by atomic mass is 19.1. The van der Waals surface area contributed by atoms with Crippen molar-refractivity contribution in [1.29, 1.82) is 0 Å². The zero-order valence-electron chi connectivity index (χ0n) is 8.29. The molecule has 3 heteroatoms. The molecule has 0 aliphatic heterocycles. The normalized spacial score (nSPS) is 11.4. The molecule has 0 radical (unpaired) electrons. The second-order valence-electron chi connectivity index (χ2n) is 3.46. The monoisotopic (exact) mass is 196 g/mol. The van der Waals surface area contributed by atoms with Crippen molar-refractivity contribution >= 4 is 5.78 Å². The molecule has 0 aliphatic carbocycles. The summed E-state index contributed by atoms with van der Waals surface area (Å²) in [6, 6.07) is 8.72. The fraction of sp³-hybridized carbons (Fsp3) is 0.364. The number of carbonyl (C=O) groups is 1. The molecule has 1 aromatic rings. The molecular formula is C11H13FO2. The first-order valence-corrected chi connectivity index (χ1v) is 4.37. The number of rotatable bonds is 4. The fourth-order valence-corrected chi connectivity index (χ4v) is 1.14. The molecule has 0 saturated carbocycles. The Labute approximate surface area is 82.7 Å². The van der Waals surface area contributed by atoms with Crippen molar-refractivity contribution in [3.8, 4) is 0 Å². The minimum Gasteiger partial charge on any atom is -0.336 e. The molecule has 0 amide bonds. The van der Waals surface area contributed by atoms with E-state index in [1.54, 1.807) is 38.1 Å². The SMILES string of the molecule is CC(C)(OCF)C(=O)c1ccccc1. The summed E-state index contributed by atoms with van der Waals surface area (Å²) in [4.78, 5) is 11.8. The van der Waals surface area contributed by atoms with Crippen LogP contribution in [-0.2, 0) is 4.74 Å². The fourth-order valence-electron chi connectivity index (χ4n) is 1.14. The summed E-state index contributed by atoms with van der Waals surface area (Å²) in [6.07, 6.45) is 0. The zero-order chi connectivity index (χ0) is 10.6. The van der Waals surface area contributed by atoms with Crippen molar-refractivity contribution in [2.45, 2.75) is 19.4 Å². The molecule has 1 rings (SSSR count). The number of Topliss-reactive ketones (excluding diaryl/α,β-unsaturated/α-hetero) is 1. The van der Waals surface area contributed by atoms with Crippen LogP contribution in [0.25, 0.3) is 0 Å². The molecule has 0 N–H and O–H groups in total. The van der Waals surface area contributed by atoms with E-state index in [9.17, 15) is 9.18 Å². The van der Waals surface area contributed by atoms with Crippen LogP contribution < -0.4 is 0 Å². The maximum absolute atomic E-state index is 12.0. The van der Waals surface area contributed by atoms with Crippen LogP contribution in [0.2, 0.25) is 0 Å². The van der Waals surface area contributed by atoms with Gasteiger partial charge in [-0.05, 0) is 13.8 Å². The number of halogens is 1. The molecule has 76 valence electrons. The third-order valence-electron chi connectivity index (χ3n) is 2.00. The Morgan fingerprint density at radius 3 is 2.43 bits per heavy atom. The lowest BCUT2D eigenvalue weighted by Crippen LogP contribution is -2.34. The van der Waals surface area contributed by atoms with Gasteiger partial charge in [-0.3, -0.25) is 4.79 Å². The topological polar surface area (TPSA) is 26.3 Å². The van der Waals surface area contributed by atoms with Gasteiger partial charge in [-0.25, -0.2) is 4.39 Å². The lowest BCUT2D eigenvalue weighted by atomic mass is 9.97. The van der Waals surface area contributed by atoms with Gasteiger partial charge in [0.15, 0.2) is 12.6 Å². The summed E-state index contributed by atoms with van der Waals surface area (Å²) in [5.41, 5.74) is -0.568. The van der Waals surface area contributed by atoms with Crippen LogP contribution >= 0.6 is 0 Å². The highest BCUT2D eigenvalue weighted by molar-refractivity contribution is 6.01. The zero-order valence-corrected chi connectivity index (χ0v) is 8.29. The highest BCUT2D eigenvalue weighted by Gasteiger charge is 2.29. The first kappa shape index (κ1) is 10.9. The lowest BCUT2D eigenvalue weighted by Gasteiger charge is -2.21. The predicted molar refractivity (Wildman–Crippen MR) is 51.9 cm³/mol. The number of benzene rings is 1. The van der Waals surface area contributed by atoms with Gasteiger partial charge in [0.1, 0.15) is 5.60 Å². The number of ketones is 1. The van der Waals surface area contributed by atoms with Gasteiger partial charge in [0.2, 0.25) is 0 Å². The molecule has 0 spiro atoms. The molecular weight excluding hydrogens is 183 g/mol. The average molecular weight is 196 g/mol. The average Bonchev–Trinajstić information content (AvgIpc) is 2.18. The molecule has 0 aromatic heterocycles. The predicted octanol–water partition coefficient (Wildman–Crippen LogP) is 2.59. The van der Waals surface area contributed by atoms with E-state index >= 15 is 0 Å². The number of hydrogen-bond donors (Lipinski definition) is 0. The van der Waals surface area contributed by atoms with E-state index in [2.05, 4.69) is 0 Å². The van der Waals surface area contributed by atoms with E-state index in [1.165, 1.54) is 0 Å². The van der Waals surface area contributed by atoms with E-state index in [-0.39, 0.29) is 5.78 Å². The highest BCUT2D eigenvalue weighted by Crippen LogP contribution is 2.16. The van der Waals surface area contributed by atoms with Crippen molar-refractivity contribution in [1.82, 2.24) is 0 Å². The summed E-state index contributed by atoms with van der Waals surface area (Å²) in [6.45, 7) is 2.16. The van der Waals surface area contributed by atoms with Crippen molar-refractivity contribution in [3.63, 3.8) is 0 Å². The maximum Gasteiger partial charge on any atom is 0.194 e. The van der Waals surface area contributed by atoms with Gasteiger partial charge >= 0.3 is 0 Å². The standard InChI is InChI=1S/C11H13FO2/c1-11(2,14-8-12)10(13)9-6-4-3-5-7-9/h3-7H,8H2,1-2H3. The van der Waals surface area contributed by atoms with Gasteiger partial charge in [-0.2, -0.15) is 0 Å². The number of hydrogen-bond acceptors (Lipinski definition) is 2. The van der Waals surface area contributed by atoms with Crippen molar-refractivity contribution in [2.75, 3.05) is 6.86 Å². The van der Waals surface area contributed by atoms with Gasteiger partial charge in [-0.1, -0.05) is 30.3 Å². The van der Waals surface area contributed by atoms with Crippen LogP contribution in [0.15, 0.2) is 30.3 Å². The molecule has 0 bridgehead atoms. The quantitative estimate of drug-likeness (QED) is 0.692. The summed E-state index contributed by atoms with van der Waals surface area (Å²) < 4.78 is 16.7. The van der Waals surface area contributed by atoms with Crippen LogP contribution in [0.5, 0.6) is 0 Å². The van der Waals surface area contributed by atoms with Gasteiger partial charge in [0.05, 0.1) is 0 Å². The van der Waals surface area contributed by atoms with Crippen LogP contribution in [-0.4, -0.2) is 18.2 Å². The van der Waals surface area contributed by atoms with Crippen molar-refractivity contribution in [3.05, 3.63) is 35.9 Å². The Bertz CT molecular complexity index is 306. The van der Waals surface area contributed by atoms with E-state index in [0.717, 1.165) is 0 Å². The number of carbonyl (C=O) groups excluding carboxylic acids is 1. The summed E-state index contributed by atoms with van der Waals surface area (Å²) >= 11 is 0. The summed E-state index contributed by atoms with van der Waals surface area (Å²) in [5, 5.41) is 0. The van der Waals surface area contributed by atoms with E-state index in [1.807, 2.05) is 6.07 Å². The minimum absolute atomic E-state index is 0.212. The lowest BCUT2D eigenvalue weighted by molar-refractivity contribution is -0.0431. The third-order valence-corrected chi connectivity index (χ3v) is 2.00. The largest absolute Gasteiger partial charge is 0.336 e. The molecule has 0 heterocycles. The molecule has 14 heavy (non-hydrogen) atoms. The van der Waals surface area contributed by atoms with Crippen LogP contribution in [0.4, 0.5) is 4.39 Å². The molecule has 1 aromatic carbocycles. The van der Waals surface area contributed by atoms with Crippen LogP contribution in [0.3, 0.4) is 0 Å². The first-order chi connectivity index (χ1) is 6.58. The van der Waals surface area contributed by atoms with Gasteiger partial charge in [0.25, 0.3) is 0 Å². The molecule has 0 saturated heterocycles. The molecule has 2 nitrogen and oxygen atoms in total. The Hall–Kier alpha value is -1.22. The van der Waals surface area contributed by atoms with E-state index in [0.29, 0.717) is 5.56 Å². The molecule has 0 fully saturated rings. The second-order valence-corrected chi connectivity index (χ2v) is 3.46. The van der Waals surface area contributed by atoms with E-state index < -0.39 is 12.5 Å². The maximum atomic E-state index is 12.0. The van der Waals surface area contributed by atoms with Gasteiger partial charge in [0, 0.05) is 5.56 Å². The van der Waals surface area contributed by atoms with Crippen molar-refractivity contribution < 1.29 is 13.9 Å². The van der Waals surface area contributed by atoms with Crippen molar-refractivity contribution in [2.24, 2.45) is 0 Å². The van der Waals surface area contributed by atoms with E-state index in [4.69, 9.17) is 4.74 Å². The molecule has 0 unspecified atom stereocenters. The number of ether oxygens (including phenoxy) is 1.